The highest BCUT2D eigenvalue weighted by atomic mass is 35.5. The number of halogens is 1. The third kappa shape index (κ3) is 6.67. The molecule has 1 rings (SSSR count). The minimum absolute atomic E-state index is 0.557. The lowest BCUT2D eigenvalue weighted by Gasteiger charge is -2.19. The summed E-state index contributed by atoms with van der Waals surface area (Å²) in [6.45, 7) is 5.49. The number of rotatable bonds is 8. The van der Waals surface area contributed by atoms with Gasteiger partial charge in [-0.2, -0.15) is 11.8 Å². The van der Waals surface area contributed by atoms with E-state index in [0.29, 0.717) is 12.0 Å². The molecule has 0 heterocycles. The molecule has 102 valence electrons. The highest BCUT2D eigenvalue weighted by Gasteiger charge is 2.10. The van der Waals surface area contributed by atoms with Crippen LogP contribution in [0.1, 0.15) is 25.8 Å². The molecule has 1 aromatic rings. The topological polar surface area (TPSA) is 12.0 Å². The van der Waals surface area contributed by atoms with E-state index in [2.05, 4.69) is 37.6 Å². The summed E-state index contributed by atoms with van der Waals surface area (Å²) in [5, 5.41) is 4.39. The van der Waals surface area contributed by atoms with E-state index in [1.54, 1.807) is 0 Å². The van der Waals surface area contributed by atoms with Gasteiger partial charge in [-0.3, -0.25) is 0 Å². The number of nitrogens with one attached hydrogen (secondary N) is 1. The molecule has 0 aromatic heterocycles. The second-order valence-electron chi connectivity index (χ2n) is 5.04. The van der Waals surface area contributed by atoms with Crippen LogP contribution in [0, 0.1) is 5.92 Å². The van der Waals surface area contributed by atoms with Crippen molar-refractivity contribution in [3.8, 4) is 0 Å². The summed E-state index contributed by atoms with van der Waals surface area (Å²) < 4.78 is 0. The van der Waals surface area contributed by atoms with Gasteiger partial charge >= 0.3 is 0 Å². The molecule has 0 aliphatic rings. The minimum Gasteiger partial charge on any atom is -0.314 e. The zero-order chi connectivity index (χ0) is 13.4. The van der Waals surface area contributed by atoms with Gasteiger partial charge in [-0.15, -0.1) is 0 Å². The average Bonchev–Trinajstić information content (AvgIpc) is 2.32. The molecule has 0 bridgehead atoms. The first-order chi connectivity index (χ1) is 8.61. The second-order valence-corrected chi connectivity index (χ2v) is 6.47. The van der Waals surface area contributed by atoms with Crippen molar-refractivity contribution in [1.29, 1.82) is 0 Å². The molecule has 0 fully saturated rings. The van der Waals surface area contributed by atoms with Crippen molar-refractivity contribution in [2.75, 3.05) is 18.6 Å². The molecule has 1 nitrogen and oxygen atoms in total. The molecule has 1 atom stereocenters. The third-order valence-electron chi connectivity index (χ3n) is 2.96. The highest BCUT2D eigenvalue weighted by Crippen LogP contribution is 2.17. The minimum atomic E-state index is 0.557. The van der Waals surface area contributed by atoms with Gasteiger partial charge < -0.3 is 5.32 Å². The highest BCUT2D eigenvalue weighted by molar-refractivity contribution is 7.98. The maximum atomic E-state index is 6.04. The number of hydrogen-bond donors (Lipinski definition) is 1. The molecule has 0 radical (unpaired) electrons. The Kier molecular flexibility index (Phi) is 7.80. The van der Waals surface area contributed by atoms with Crippen molar-refractivity contribution in [1.82, 2.24) is 5.32 Å². The van der Waals surface area contributed by atoms with Gasteiger partial charge in [0, 0.05) is 11.1 Å². The normalized spacial score (nSPS) is 12.9. The molecule has 0 saturated carbocycles. The number of hydrogen-bond acceptors (Lipinski definition) is 2. The lowest BCUT2D eigenvalue weighted by atomic mass is 9.96. The maximum absolute atomic E-state index is 6.04. The standard InChI is InChI=1S/C15H24ClNS/c1-12(2)17-11-14(7-8-18-3)9-13-5-4-6-15(16)10-13/h4-6,10,12,14,17H,7-9,11H2,1-3H3. The molecule has 0 aliphatic carbocycles. The zero-order valence-electron chi connectivity index (χ0n) is 11.6. The molecule has 0 amide bonds. The van der Waals surface area contributed by atoms with Gasteiger partial charge in [-0.05, 0) is 55.0 Å². The number of benzene rings is 1. The van der Waals surface area contributed by atoms with Crippen LogP contribution < -0.4 is 5.32 Å². The third-order valence-corrected chi connectivity index (χ3v) is 3.84. The van der Waals surface area contributed by atoms with Crippen LogP contribution in [0.15, 0.2) is 24.3 Å². The average molecular weight is 286 g/mol. The Morgan fingerprint density at radius 1 is 1.33 bits per heavy atom. The van der Waals surface area contributed by atoms with Crippen LogP contribution in [0.25, 0.3) is 0 Å². The van der Waals surface area contributed by atoms with Gasteiger partial charge in [0.25, 0.3) is 0 Å². The predicted molar refractivity (Wildman–Crippen MR) is 84.8 cm³/mol. The first kappa shape index (κ1) is 15.9. The van der Waals surface area contributed by atoms with Crippen molar-refractivity contribution < 1.29 is 0 Å². The predicted octanol–water partition coefficient (Wildman–Crippen LogP) is 4.25. The fourth-order valence-electron chi connectivity index (χ4n) is 1.96. The Labute approximate surface area is 121 Å². The zero-order valence-corrected chi connectivity index (χ0v) is 13.2. The fourth-order valence-corrected chi connectivity index (χ4v) is 2.74. The Bertz CT molecular complexity index is 341. The van der Waals surface area contributed by atoms with E-state index in [1.165, 1.54) is 17.7 Å². The molecular weight excluding hydrogens is 262 g/mol. The Hall–Kier alpha value is -0.180. The Morgan fingerprint density at radius 3 is 2.72 bits per heavy atom. The van der Waals surface area contributed by atoms with E-state index < -0.39 is 0 Å². The van der Waals surface area contributed by atoms with Crippen LogP contribution in [0.4, 0.5) is 0 Å². The van der Waals surface area contributed by atoms with Gasteiger partial charge in [0.15, 0.2) is 0 Å². The van der Waals surface area contributed by atoms with Gasteiger partial charge in [-0.25, -0.2) is 0 Å². The number of thioether (sulfide) groups is 1. The Morgan fingerprint density at radius 2 is 2.11 bits per heavy atom. The molecule has 1 aromatic carbocycles. The van der Waals surface area contributed by atoms with Crippen LogP contribution in [-0.2, 0) is 6.42 Å². The van der Waals surface area contributed by atoms with Gasteiger partial charge in [0.2, 0.25) is 0 Å². The van der Waals surface area contributed by atoms with Crippen molar-refractivity contribution in [2.45, 2.75) is 32.7 Å². The molecule has 1 N–H and O–H groups in total. The van der Waals surface area contributed by atoms with Crippen molar-refractivity contribution in [3.05, 3.63) is 34.9 Å². The van der Waals surface area contributed by atoms with E-state index in [1.807, 2.05) is 23.9 Å². The fraction of sp³-hybridized carbons (Fsp3) is 0.600. The van der Waals surface area contributed by atoms with E-state index in [0.717, 1.165) is 18.0 Å². The summed E-state index contributed by atoms with van der Waals surface area (Å²) in [7, 11) is 0. The van der Waals surface area contributed by atoms with Gasteiger partial charge in [-0.1, -0.05) is 37.6 Å². The van der Waals surface area contributed by atoms with Gasteiger partial charge in [0.05, 0.1) is 0 Å². The summed E-state index contributed by atoms with van der Waals surface area (Å²) in [4.78, 5) is 0. The maximum Gasteiger partial charge on any atom is 0.0408 e. The van der Waals surface area contributed by atoms with Gasteiger partial charge in [0.1, 0.15) is 0 Å². The van der Waals surface area contributed by atoms with Crippen molar-refractivity contribution in [3.63, 3.8) is 0 Å². The molecule has 3 heteroatoms. The van der Waals surface area contributed by atoms with Crippen LogP contribution in [-0.4, -0.2) is 24.6 Å². The van der Waals surface area contributed by atoms with E-state index in [-0.39, 0.29) is 0 Å². The molecular formula is C15H24ClNS. The van der Waals surface area contributed by atoms with Crippen LogP contribution in [0.5, 0.6) is 0 Å². The quantitative estimate of drug-likeness (QED) is 0.766. The largest absolute Gasteiger partial charge is 0.314 e. The second kappa shape index (κ2) is 8.84. The molecule has 0 aliphatic heterocycles. The van der Waals surface area contributed by atoms with Crippen LogP contribution in [0.2, 0.25) is 5.02 Å². The monoisotopic (exact) mass is 285 g/mol. The first-order valence-corrected chi connectivity index (χ1v) is 8.35. The molecule has 18 heavy (non-hydrogen) atoms. The van der Waals surface area contributed by atoms with E-state index >= 15 is 0 Å². The molecule has 0 saturated heterocycles. The van der Waals surface area contributed by atoms with Crippen molar-refractivity contribution >= 4 is 23.4 Å². The van der Waals surface area contributed by atoms with Crippen LogP contribution in [0.3, 0.4) is 0 Å². The SMILES string of the molecule is CSCCC(CNC(C)C)Cc1cccc(Cl)c1. The van der Waals surface area contributed by atoms with E-state index in [4.69, 9.17) is 11.6 Å². The lowest BCUT2D eigenvalue weighted by Crippen LogP contribution is -2.30. The summed E-state index contributed by atoms with van der Waals surface area (Å²) in [6, 6.07) is 8.80. The van der Waals surface area contributed by atoms with E-state index in [9.17, 15) is 0 Å². The first-order valence-electron chi connectivity index (χ1n) is 6.58. The summed E-state index contributed by atoms with van der Waals surface area (Å²) in [5.41, 5.74) is 1.35. The Balaban J connectivity index is 2.53. The molecule has 1 unspecified atom stereocenters. The summed E-state index contributed by atoms with van der Waals surface area (Å²) in [6.07, 6.45) is 4.54. The van der Waals surface area contributed by atoms with Crippen molar-refractivity contribution in [2.24, 2.45) is 5.92 Å². The lowest BCUT2D eigenvalue weighted by molar-refractivity contribution is 0.438. The van der Waals surface area contributed by atoms with Crippen LogP contribution >= 0.6 is 23.4 Å². The summed E-state index contributed by atoms with van der Waals surface area (Å²) in [5.74, 6) is 1.92. The molecule has 0 spiro atoms. The summed E-state index contributed by atoms with van der Waals surface area (Å²) >= 11 is 7.96. The smallest absolute Gasteiger partial charge is 0.0408 e.